The van der Waals surface area contributed by atoms with Gasteiger partial charge in [-0.15, -0.1) is 13.2 Å². The van der Waals surface area contributed by atoms with Crippen LogP contribution in [0, 0.1) is 0 Å². The van der Waals surface area contributed by atoms with Gasteiger partial charge in [0, 0.05) is 6.42 Å². The van der Waals surface area contributed by atoms with Crippen LogP contribution in [-0.2, 0) is 4.79 Å². The molecule has 0 heterocycles. The molecule has 0 saturated carbocycles. The van der Waals surface area contributed by atoms with Crippen molar-refractivity contribution in [2.75, 3.05) is 0 Å². The van der Waals surface area contributed by atoms with Gasteiger partial charge in [0.25, 0.3) is 0 Å². The van der Waals surface area contributed by atoms with Gasteiger partial charge in [-0.2, -0.15) is 0 Å². The predicted octanol–water partition coefficient (Wildman–Crippen LogP) is 3.41. The first kappa shape index (κ1) is 15.7. The molecule has 0 aromatic rings. The highest BCUT2D eigenvalue weighted by Gasteiger charge is 1.94. The van der Waals surface area contributed by atoms with Crippen molar-refractivity contribution in [2.24, 2.45) is 5.73 Å². The van der Waals surface area contributed by atoms with Gasteiger partial charge in [-0.1, -0.05) is 45.4 Å². The zero-order valence-electron chi connectivity index (χ0n) is 9.56. The van der Waals surface area contributed by atoms with Crippen molar-refractivity contribution >= 4 is 5.91 Å². The van der Waals surface area contributed by atoms with E-state index in [4.69, 9.17) is 5.73 Å². The molecule has 2 heteroatoms. The van der Waals surface area contributed by atoms with Gasteiger partial charge in [-0.3, -0.25) is 4.79 Å². The minimum atomic E-state index is -0.163. The first-order valence-corrected chi connectivity index (χ1v) is 5.55. The van der Waals surface area contributed by atoms with Crippen LogP contribution in [0.5, 0.6) is 0 Å². The average Bonchev–Trinajstić information content (AvgIpc) is 2.19. The lowest BCUT2D eigenvalue weighted by Gasteiger charge is -1.98. The lowest BCUT2D eigenvalue weighted by molar-refractivity contribution is -0.118. The third-order valence-corrected chi connectivity index (χ3v) is 2.03. The summed E-state index contributed by atoms with van der Waals surface area (Å²) in [6.45, 7) is 8.22. The maximum absolute atomic E-state index is 10.4. The highest BCUT2D eigenvalue weighted by atomic mass is 16.1. The van der Waals surface area contributed by atoms with Gasteiger partial charge in [0.1, 0.15) is 0 Å². The Hall–Kier alpha value is -0.790. The molecule has 0 atom stereocenters. The van der Waals surface area contributed by atoms with E-state index in [1.807, 2.05) is 0 Å². The molecule has 2 N–H and O–H groups in total. The van der Waals surface area contributed by atoms with Crippen LogP contribution >= 0.6 is 0 Å². The second-order valence-corrected chi connectivity index (χ2v) is 3.34. The van der Waals surface area contributed by atoms with Crippen LogP contribution in [0.25, 0.3) is 0 Å². The Labute approximate surface area is 88.6 Å². The average molecular weight is 199 g/mol. The number of carbonyl (C=O) groups excluding carboxylic acids is 1. The molecule has 0 aliphatic rings. The number of primary amides is 1. The zero-order valence-corrected chi connectivity index (χ0v) is 9.56. The summed E-state index contributed by atoms with van der Waals surface area (Å²) in [5.41, 5.74) is 5.02. The first-order chi connectivity index (χ1) is 6.77. The molecule has 0 saturated heterocycles. The molecular formula is C12H25NO. The Morgan fingerprint density at radius 2 is 1.43 bits per heavy atom. The molecule has 0 spiro atoms. The van der Waals surface area contributed by atoms with Gasteiger partial charge in [0.2, 0.25) is 5.91 Å². The van der Waals surface area contributed by atoms with E-state index >= 15 is 0 Å². The molecule has 0 radical (unpaired) electrons. The van der Waals surface area contributed by atoms with E-state index in [1.165, 1.54) is 32.1 Å². The Bertz CT molecular complexity index is 123. The van der Waals surface area contributed by atoms with E-state index in [9.17, 15) is 4.79 Å². The fourth-order valence-electron chi connectivity index (χ4n) is 1.26. The quantitative estimate of drug-likeness (QED) is 0.472. The third-order valence-electron chi connectivity index (χ3n) is 2.03. The number of unbranched alkanes of at least 4 members (excludes halogenated alkanes) is 6. The number of rotatable bonds is 8. The monoisotopic (exact) mass is 199 g/mol. The van der Waals surface area contributed by atoms with Gasteiger partial charge < -0.3 is 5.73 Å². The molecule has 0 fully saturated rings. The Kier molecular flexibility index (Phi) is 16.5. The summed E-state index contributed by atoms with van der Waals surface area (Å²) in [6.07, 6.45) is 9.24. The molecule has 84 valence electrons. The summed E-state index contributed by atoms with van der Waals surface area (Å²) in [4.78, 5) is 10.4. The Morgan fingerprint density at radius 3 is 1.86 bits per heavy atom. The SMILES string of the molecule is C=C.CCCCCCCCCC(N)=O. The molecule has 0 aromatic heterocycles. The van der Waals surface area contributed by atoms with E-state index in [-0.39, 0.29) is 5.91 Å². The minimum Gasteiger partial charge on any atom is -0.370 e. The van der Waals surface area contributed by atoms with Gasteiger partial charge in [0.05, 0.1) is 0 Å². The fraction of sp³-hybridized carbons (Fsp3) is 0.750. The molecule has 2 nitrogen and oxygen atoms in total. The van der Waals surface area contributed by atoms with Crippen LogP contribution in [0.15, 0.2) is 13.2 Å². The van der Waals surface area contributed by atoms with Crippen LogP contribution in [0.2, 0.25) is 0 Å². The van der Waals surface area contributed by atoms with Crippen LogP contribution in [-0.4, -0.2) is 5.91 Å². The molecule has 0 aliphatic heterocycles. The van der Waals surface area contributed by atoms with Crippen molar-refractivity contribution in [3.05, 3.63) is 13.2 Å². The lowest BCUT2D eigenvalue weighted by atomic mass is 10.1. The van der Waals surface area contributed by atoms with E-state index in [0.717, 1.165) is 12.8 Å². The number of carbonyl (C=O) groups is 1. The number of nitrogens with two attached hydrogens (primary N) is 1. The van der Waals surface area contributed by atoms with Crippen molar-refractivity contribution in [1.29, 1.82) is 0 Å². The van der Waals surface area contributed by atoms with Crippen molar-refractivity contribution in [3.8, 4) is 0 Å². The van der Waals surface area contributed by atoms with Gasteiger partial charge >= 0.3 is 0 Å². The summed E-state index contributed by atoms with van der Waals surface area (Å²) < 4.78 is 0. The standard InChI is InChI=1S/C10H21NO.C2H4/c1-2-3-4-5-6-7-8-9-10(11)12;1-2/h2-9H2,1H3,(H2,11,12);1-2H2. The van der Waals surface area contributed by atoms with Crippen LogP contribution in [0.1, 0.15) is 58.3 Å². The second kappa shape index (κ2) is 14.7. The molecular weight excluding hydrogens is 174 g/mol. The van der Waals surface area contributed by atoms with Crippen LogP contribution in [0.3, 0.4) is 0 Å². The number of hydrogen-bond donors (Lipinski definition) is 1. The Balaban J connectivity index is 0. The lowest BCUT2D eigenvalue weighted by Crippen LogP contribution is -2.09. The first-order valence-electron chi connectivity index (χ1n) is 5.55. The maximum atomic E-state index is 10.4. The molecule has 0 bridgehead atoms. The van der Waals surface area contributed by atoms with E-state index < -0.39 is 0 Å². The van der Waals surface area contributed by atoms with Crippen molar-refractivity contribution in [2.45, 2.75) is 58.3 Å². The van der Waals surface area contributed by atoms with Gasteiger partial charge in [-0.05, 0) is 6.42 Å². The Morgan fingerprint density at radius 1 is 1.00 bits per heavy atom. The summed E-state index contributed by atoms with van der Waals surface area (Å²) in [7, 11) is 0. The summed E-state index contributed by atoms with van der Waals surface area (Å²) in [6, 6.07) is 0. The van der Waals surface area contributed by atoms with E-state index in [2.05, 4.69) is 20.1 Å². The summed E-state index contributed by atoms with van der Waals surface area (Å²) in [5, 5.41) is 0. The molecule has 1 amide bonds. The van der Waals surface area contributed by atoms with Crippen LogP contribution < -0.4 is 5.73 Å². The topological polar surface area (TPSA) is 43.1 Å². The second-order valence-electron chi connectivity index (χ2n) is 3.34. The molecule has 0 rings (SSSR count). The molecule has 0 aromatic carbocycles. The van der Waals surface area contributed by atoms with Gasteiger partial charge in [-0.25, -0.2) is 0 Å². The maximum Gasteiger partial charge on any atom is 0.217 e. The summed E-state index contributed by atoms with van der Waals surface area (Å²) in [5.74, 6) is -0.163. The van der Waals surface area contributed by atoms with Gasteiger partial charge in [0.15, 0.2) is 0 Å². The van der Waals surface area contributed by atoms with E-state index in [0.29, 0.717) is 6.42 Å². The molecule has 0 aliphatic carbocycles. The largest absolute Gasteiger partial charge is 0.370 e. The highest BCUT2D eigenvalue weighted by molar-refractivity contribution is 5.73. The minimum absolute atomic E-state index is 0.163. The third kappa shape index (κ3) is 17.3. The predicted molar refractivity (Wildman–Crippen MR) is 63.1 cm³/mol. The van der Waals surface area contributed by atoms with Crippen molar-refractivity contribution in [3.63, 3.8) is 0 Å². The summed E-state index contributed by atoms with van der Waals surface area (Å²) >= 11 is 0. The zero-order chi connectivity index (χ0) is 11.2. The smallest absolute Gasteiger partial charge is 0.217 e. The number of hydrogen-bond acceptors (Lipinski definition) is 1. The van der Waals surface area contributed by atoms with Crippen molar-refractivity contribution < 1.29 is 4.79 Å². The molecule has 14 heavy (non-hydrogen) atoms. The van der Waals surface area contributed by atoms with Crippen LogP contribution in [0.4, 0.5) is 0 Å². The van der Waals surface area contributed by atoms with E-state index in [1.54, 1.807) is 0 Å². The fourth-order valence-corrected chi connectivity index (χ4v) is 1.26. The number of amides is 1. The highest BCUT2D eigenvalue weighted by Crippen LogP contribution is 2.07. The molecule has 0 unspecified atom stereocenters. The normalized spacial score (nSPS) is 8.93. The van der Waals surface area contributed by atoms with Crippen molar-refractivity contribution in [1.82, 2.24) is 0 Å².